The molecule has 0 aliphatic carbocycles. The molecule has 1 heterocycles. The van der Waals surface area contributed by atoms with Gasteiger partial charge in [0.05, 0.1) is 5.56 Å². The van der Waals surface area contributed by atoms with Gasteiger partial charge in [0.25, 0.3) is 5.91 Å². The normalized spacial score (nSPS) is 15.9. The van der Waals surface area contributed by atoms with Crippen molar-refractivity contribution in [1.29, 1.82) is 0 Å². The van der Waals surface area contributed by atoms with Crippen LogP contribution < -0.4 is 0 Å². The van der Waals surface area contributed by atoms with E-state index in [1.165, 1.54) is 0 Å². The molecule has 4 nitrogen and oxygen atoms in total. The first-order valence-corrected chi connectivity index (χ1v) is 8.03. The lowest BCUT2D eigenvalue weighted by atomic mass is 10.2. The number of carbonyl (C=O) groups excluding carboxylic acids is 2. The lowest BCUT2D eigenvalue weighted by Crippen LogP contribution is -2.37. The van der Waals surface area contributed by atoms with Gasteiger partial charge in [-0.3, -0.25) is 9.59 Å². The largest absolute Gasteiger partial charge is 0.341 e. The van der Waals surface area contributed by atoms with E-state index in [0.29, 0.717) is 19.5 Å². The molecule has 0 N–H and O–H groups in total. The maximum atomic E-state index is 12.5. The Kier molecular flexibility index (Phi) is 5.39. The van der Waals surface area contributed by atoms with Crippen molar-refractivity contribution in [3.8, 4) is 0 Å². The smallest absolute Gasteiger partial charge is 0.254 e. The van der Waals surface area contributed by atoms with Gasteiger partial charge in [-0.25, -0.2) is 0 Å². The van der Waals surface area contributed by atoms with Crippen LogP contribution in [0.2, 0.25) is 0 Å². The average Bonchev–Trinajstić information content (AvgIpc) is 2.72. The van der Waals surface area contributed by atoms with Crippen LogP contribution in [0.4, 0.5) is 0 Å². The minimum atomic E-state index is 0.0702. The number of nitrogens with zero attached hydrogens (tertiary/aromatic N) is 2. The Morgan fingerprint density at radius 3 is 2.45 bits per heavy atom. The van der Waals surface area contributed by atoms with Gasteiger partial charge in [0.15, 0.2) is 0 Å². The first-order valence-electron chi connectivity index (χ1n) is 6.95. The Bertz CT molecular complexity index is 504. The molecule has 0 unspecified atom stereocenters. The molecule has 1 aliphatic rings. The number of amides is 2. The molecule has 1 aromatic carbocycles. The van der Waals surface area contributed by atoms with Crippen molar-refractivity contribution < 1.29 is 9.59 Å². The van der Waals surface area contributed by atoms with Gasteiger partial charge in [-0.05, 0) is 41.1 Å². The lowest BCUT2D eigenvalue weighted by Gasteiger charge is -2.22. The monoisotopic (exact) mass is 386 g/mol. The summed E-state index contributed by atoms with van der Waals surface area (Å²) >= 11 is 2.19. The Hall–Kier alpha value is -1.11. The molecule has 5 heteroatoms. The van der Waals surface area contributed by atoms with Gasteiger partial charge in [0.1, 0.15) is 0 Å². The maximum absolute atomic E-state index is 12.5. The summed E-state index contributed by atoms with van der Waals surface area (Å²) in [6.07, 6.45) is 1.38. The molecule has 0 bridgehead atoms. The summed E-state index contributed by atoms with van der Waals surface area (Å²) in [5.74, 6) is 0.245. The van der Waals surface area contributed by atoms with Crippen LogP contribution in [0.25, 0.3) is 0 Å². The standard InChI is InChI=1S/C15H19IN2O2/c1-2-14(19)17-8-5-9-18(11-10-17)15(20)12-6-3-4-7-13(12)16/h3-4,6-7H,2,5,8-11H2,1H3. The van der Waals surface area contributed by atoms with Gasteiger partial charge in [0.2, 0.25) is 5.91 Å². The van der Waals surface area contributed by atoms with Crippen molar-refractivity contribution in [2.45, 2.75) is 19.8 Å². The highest BCUT2D eigenvalue weighted by atomic mass is 127. The number of rotatable bonds is 2. The van der Waals surface area contributed by atoms with E-state index in [2.05, 4.69) is 22.6 Å². The van der Waals surface area contributed by atoms with Crippen LogP contribution in [-0.2, 0) is 4.79 Å². The zero-order valence-corrected chi connectivity index (χ0v) is 13.8. The predicted molar refractivity (Wildman–Crippen MR) is 86.6 cm³/mol. The molecule has 0 atom stereocenters. The van der Waals surface area contributed by atoms with Crippen LogP contribution in [0.5, 0.6) is 0 Å². The summed E-state index contributed by atoms with van der Waals surface area (Å²) < 4.78 is 0.973. The van der Waals surface area contributed by atoms with Gasteiger partial charge in [-0.15, -0.1) is 0 Å². The molecular formula is C15H19IN2O2. The molecule has 1 aliphatic heterocycles. The Morgan fingerprint density at radius 2 is 1.75 bits per heavy atom. The summed E-state index contributed by atoms with van der Waals surface area (Å²) in [5, 5.41) is 0. The fourth-order valence-electron chi connectivity index (χ4n) is 2.40. The van der Waals surface area contributed by atoms with E-state index in [0.717, 1.165) is 28.6 Å². The first-order chi connectivity index (χ1) is 9.63. The van der Waals surface area contributed by atoms with E-state index in [9.17, 15) is 9.59 Å². The molecule has 1 saturated heterocycles. The molecule has 1 aromatic rings. The average molecular weight is 386 g/mol. The van der Waals surface area contributed by atoms with Crippen LogP contribution >= 0.6 is 22.6 Å². The van der Waals surface area contributed by atoms with Crippen LogP contribution in [0.15, 0.2) is 24.3 Å². The minimum absolute atomic E-state index is 0.0702. The van der Waals surface area contributed by atoms with Crippen molar-refractivity contribution in [3.05, 3.63) is 33.4 Å². The fourth-order valence-corrected chi connectivity index (χ4v) is 3.02. The fraction of sp³-hybridized carbons (Fsp3) is 0.467. The van der Waals surface area contributed by atoms with Crippen LogP contribution in [0.3, 0.4) is 0 Å². The van der Waals surface area contributed by atoms with E-state index in [4.69, 9.17) is 0 Å². The van der Waals surface area contributed by atoms with Crippen molar-refractivity contribution in [3.63, 3.8) is 0 Å². The molecule has 2 amide bonds. The maximum Gasteiger partial charge on any atom is 0.254 e. The molecule has 2 rings (SSSR count). The van der Waals surface area contributed by atoms with E-state index < -0.39 is 0 Å². The van der Waals surface area contributed by atoms with Crippen molar-refractivity contribution >= 4 is 34.4 Å². The molecule has 20 heavy (non-hydrogen) atoms. The summed E-state index contributed by atoms with van der Waals surface area (Å²) in [5.41, 5.74) is 0.753. The highest BCUT2D eigenvalue weighted by molar-refractivity contribution is 14.1. The van der Waals surface area contributed by atoms with Crippen LogP contribution in [0.1, 0.15) is 30.1 Å². The van der Waals surface area contributed by atoms with E-state index in [1.807, 2.05) is 41.0 Å². The Balaban J connectivity index is 2.05. The second-order valence-electron chi connectivity index (χ2n) is 4.86. The highest BCUT2D eigenvalue weighted by Gasteiger charge is 2.22. The van der Waals surface area contributed by atoms with Gasteiger partial charge in [0, 0.05) is 36.2 Å². The number of hydrogen-bond donors (Lipinski definition) is 0. The second kappa shape index (κ2) is 7.06. The molecule has 0 radical (unpaired) electrons. The lowest BCUT2D eigenvalue weighted by molar-refractivity contribution is -0.130. The molecule has 0 spiro atoms. The molecule has 1 fully saturated rings. The molecule has 108 valence electrons. The Morgan fingerprint density at radius 1 is 1.10 bits per heavy atom. The Labute approximate surface area is 133 Å². The summed E-state index contributed by atoms with van der Waals surface area (Å²) in [7, 11) is 0. The third-order valence-corrected chi connectivity index (χ3v) is 4.48. The quantitative estimate of drug-likeness (QED) is 0.733. The SMILES string of the molecule is CCC(=O)N1CCCN(C(=O)c2ccccc2I)CC1. The second-order valence-corrected chi connectivity index (χ2v) is 6.02. The number of hydrogen-bond acceptors (Lipinski definition) is 2. The van der Waals surface area contributed by atoms with Gasteiger partial charge < -0.3 is 9.80 Å². The third-order valence-electron chi connectivity index (χ3n) is 3.54. The van der Waals surface area contributed by atoms with E-state index in [1.54, 1.807) is 0 Å². The van der Waals surface area contributed by atoms with Crippen LogP contribution in [0, 0.1) is 3.57 Å². The van der Waals surface area contributed by atoms with E-state index in [-0.39, 0.29) is 11.8 Å². The van der Waals surface area contributed by atoms with Gasteiger partial charge in [-0.1, -0.05) is 19.1 Å². The summed E-state index contributed by atoms with van der Waals surface area (Å²) in [6, 6.07) is 7.63. The van der Waals surface area contributed by atoms with Crippen molar-refractivity contribution in [2.24, 2.45) is 0 Å². The number of benzene rings is 1. The minimum Gasteiger partial charge on any atom is -0.341 e. The van der Waals surface area contributed by atoms with Gasteiger partial charge >= 0.3 is 0 Å². The first kappa shape index (κ1) is 15.3. The van der Waals surface area contributed by atoms with Crippen molar-refractivity contribution in [1.82, 2.24) is 9.80 Å². The topological polar surface area (TPSA) is 40.6 Å². The molecule has 0 aromatic heterocycles. The third kappa shape index (κ3) is 3.50. The van der Waals surface area contributed by atoms with Crippen LogP contribution in [-0.4, -0.2) is 47.8 Å². The van der Waals surface area contributed by atoms with Crippen molar-refractivity contribution in [2.75, 3.05) is 26.2 Å². The number of carbonyl (C=O) groups is 2. The summed E-state index contributed by atoms with van der Waals surface area (Å²) in [6.45, 7) is 4.61. The van der Waals surface area contributed by atoms with E-state index >= 15 is 0 Å². The summed E-state index contributed by atoms with van der Waals surface area (Å²) in [4.78, 5) is 28.0. The van der Waals surface area contributed by atoms with Gasteiger partial charge in [-0.2, -0.15) is 0 Å². The number of halogens is 1. The highest BCUT2D eigenvalue weighted by Crippen LogP contribution is 2.15. The zero-order valence-electron chi connectivity index (χ0n) is 11.6. The molecule has 0 saturated carbocycles. The predicted octanol–water partition coefficient (Wildman–Crippen LogP) is 2.38. The zero-order chi connectivity index (χ0) is 14.5. The molecular weight excluding hydrogens is 367 g/mol.